The molecule has 0 fully saturated rings. The van der Waals surface area contributed by atoms with Gasteiger partial charge in [-0.1, -0.05) is 23.8 Å². The van der Waals surface area contributed by atoms with E-state index in [1.54, 1.807) is 32.0 Å². The van der Waals surface area contributed by atoms with Crippen LogP contribution in [0.1, 0.15) is 25.8 Å². The number of carboxylic acids is 1. The fourth-order valence-corrected chi connectivity index (χ4v) is 1.67. The van der Waals surface area contributed by atoms with Crippen LogP contribution in [0.5, 0.6) is 0 Å². The van der Waals surface area contributed by atoms with E-state index in [2.05, 4.69) is 0 Å². The third-order valence-corrected chi connectivity index (χ3v) is 2.64. The normalized spacial score (nSPS) is 9.95. The van der Waals surface area contributed by atoms with E-state index in [1.165, 1.54) is 17.0 Å². The molecule has 1 N–H and O–H groups in total. The number of carboxylic acid groups (broad SMARTS) is 1. The zero-order valence-corrected chi connectivity index (χ0v) is 11.6. The molecule has 0 aromatic heterocycles. The van der Waals surface area contributed by atoms with Gasteiger partial charge >= 0.3 is 5.97 Å². The third-order valence-electron chi connectivity index (χ3n) is 2.64. The zero-order valence-electron chi connectivity index (χ0n) is 11.6. The standard InChI is InChI=1S/C15H18FNO3/c1-11(2)9-14(18)17(8-7-15(19)20)10-12-5-3-4-6-13(12)16/h3-6,9H,7-8,10H2,1-2H3,(H,19,20). The Hall–Kier alpha value is -2.17. The maximum Gasteiger partial charge on any atom is 0.305 e. The van der Waals surface area contributed by atoms with Gasteiger partial charge in [0, 0.05) is 24.7 Å². The Morgan fingerprint density at radius 1 is 1.30 bits per heavy atom. The monoisotopic (exact) mass is 279 g/mol. The van der Waals surface area contributed by atoms with Crippen LogP contribution in [0.4, 0.5) is 4.39 Å². The molecular weight excluding hydrogens is 261 g/mol. The molecule has 0 saturated carbocycles. The molecule has 0 aliphatic carbocycles. The SMILES string of the molecule is CC(C)=CC(=O)N(CCC(=O)O)Cc1ccccc1F. The van der Waals surface area contributed by atoms with E-state index in [4.69, 9.17) is 5.11 Å². The lowest BCUT2D eigenvalue weighted by atomic mass is 10.2. The van der Waals surface area contributed by atoms with Crippen LogP contribution in [0.25, 0.3) is 0 Å². The highest BCUT2D eigenvalue weighted by molar-refractivity contribution is 5.88. The number of halogens is 1. The predicted octanol–water partition coefficient (Wildman–Crippen LogP) is 2.60. The number of carbonyl (C=O) groups is 2. The van der Waals surface area contributed by atoms with E-state index in [0.29, 0.717) is 5.56 Å². The third kappa shape index (κ3) is 5.22. The van der Waals surface area contributed by atoms with Crippen LogP contribution in [-0.2, 0) is 16.1 Å². The Labute approximate surface area is 117 Å². The van der Waals surface area contributed by atoms with Crippen molar-refractivity contribution in [3.8, 4) is 0 Å². The minimum Gasteiger partial charge on any atom is -0.481 e. The molecule has 1 aromatic carbocycles. The van der Waals surface area contributed by atoms with Crippen LogP contribution in [-0.4, -0.2) is 28.4 Å². The molecule has 5 heteroatoms. The van der Waals surface area contributed by atoms with Gasteiger partial charge in [-0.3, -0.25) is 9.59 Å². The summed E-state index contributed by atoms with van der Waals surface area (Å²) >= 11 is 0. The summed E-state index contributed by atoms with van der Waals surface area (Å²) in [4.78, 5) is 24.0. The molecule has 0 heterocycles. The van der Waals surface area contributed by atoms with Gasteiger partial charge in [0.2, 0.25) is 5.91 Å². The average Bonchev–Trinajstić information content (AvgIpc) is 2.35. The number of hydrogen-bond acceptors (Lipinski definition) is 2. The molecule has 0 atom stereocenters. The first-order chi connectivity index (χ1) is 9.40. The van der Waals surface area contributed by atoms with Gasteiger partial charge in [0.15, 0.2) is 0 Å². The zero-order chi connectivity index (χ0) is 15.1. The Morgan fingerprint density at radius 3 is 2.50 bits per heavy atom. The number of aliphatic carboxylic acids is 1. The van der Waals surface area contributed by atoms with E-state index < -0.39 is 11.8 Å². The number of hydrogen-bond donors (Lipinski definition) is 1. The highest BCUT2D eigenvalue weighted by atomic mass is 19.1. The molecule has 1 aromatic rings. The fraction of sp³-hybridized carbons (Fsp3) is 0.333. The summed E-state index contributed by atoms with van der Waals surface area (Å²) in [6, 6.07) is 6.15. The molecule has 20 heavy (non-hydrogen) atoms. The van der Waals surface area contributed by atoms with Crippen molar-refractivity contribution in [2.75, 3.05) is 6.54 Å². The molecule has 0 aliphatic rings. The lowest BCUT2D eigenvalue weighted by Gasteiger charge is -2.21. The van der Waals surface area contributed by atoms with Gasteiger partial charge in [0.05, 0.1) is 6.42 Å². The fourth-order valence-electron chi connectivity index (χ4n) is 1.67. The first-order valence-electron chi connectivity index (χ1n) is 6.29. The van der Waals surface area contributed by atoms with Crippen LogP contribution in [0.3, 0.4) is 0 Å². The molecule has 4 nitrogen and oxygen atoms in total. The lowest BCUT2D eigenvalue weighted by molar-refractivity contribution is -0.138. The smallest absolute Gasteiger partial charge is 0.305 e. The molecule has 108 valence electrons. The highest BCUT2D eigenvalue weighted by Gasteiger charge is 2.15. The van der Waals surface area contributed by atoms with Gasteiger partial charge in [-0.05, 0) is 19.9 Å². The van der Waals surface area contributed by atoms with Crippen LogP contribution in [0.2, 0.25) is 0 Å². The van der Waals surface area contributed by atoms with E-state index in [9.17, 15) is 14.0 Å². The molecule has 0 saturated heterocycles. The molecule has 0 aliphatic heterocycles. The summed E-state index contributed by atoms with van der Waals surface area (Å²) in [6.45, 7) is 3.65. The van der Waals surface area contributed by atoms with Crippen molar-refractivity contribution in [3.63, 3.8) is 0 Å². The van der Waals surface area contributed by atoms with E-state index >= 15 is 0 Å². The number of rotatable bonds is 6. The predicted molar refractivity (Wildman–Crippen MR) is 73.5 cm³/mol. The van der Waals surface area contributed by atoms with Crippen molar-refractivity contribution in [3.05, 3.63) is 47.3 Å². The molecular formula is C15H18FNO3. The van der Waals surface area contributed by atoms with Gasteiger partial charge in [0.1, 0.15) is 5.82 Å². The van der Waals surface area contributed by atoms with Crippen LogP contribution < -0.4 is 0 Å². The van der Waals surface area contributed by atoms with Gasteiger partial charge < -0.3 is 10.0 Å². The van der Waals surface area contributed by atoms with Crippen molar-refractivity contribution in [2.45, 2.75) is 26.8 Å². The quantitative estimate of drug-likeness (QED) is 0.814. The number of nitrogens with zero attached hydrogens (tertiary/aromatic N) is 1. The summed E-state index contributed by atoms with van der Waals surface area (Å²) in [5, 5.41) is 8.72. The maximum absolute atomic E-state index is 13.6. The van der Waals surface area contributed by atoms with Gasteiger partial charge in [-0.25, -0.2) is 4.39 Å². The van der Waals surface area contributed by atoms with E-state index in [0.717, 1.165) is 5.57 Å². The first kappa shape index (κ1) is 15.9. The highest BCUT2D eigenvalue weighted by Crippen LogP contribution is 2.11. The van der Waals surface area contributed by atoms with E-state index in [1.807, 2.05) is 0 Å². The second-order valence-electron chi connectivity index (χ2n) is 4.72. The minimum atomic E-state index is -0.992. The Kier molecular flexibility index (Phi) is 5.90. The number of allylic oxidation sites excluding steroid dienone is 1. The molecule has 0 unspecified atom stereocenters. The Balaban J connectivity index is 2.87. The average molecular weight is 279 g/mol. The van der Waals surface area contributed by atoms with Crippen molar-refractivity contribution in [1.29, 1.82) is 0 Å². The number of carbonyl (C=O) groups excluding carboxylic acids is 1. The van der Waals surface area contributed by atoms with Gasteiger partial charge in [0.25, 0.3) is 0 Å². The summed E-state index contributed by atoms with van der Waals surface area (Å²) in [5.74, 6) is -1.71. The van der Waals surface area contributed by atoms with Crippen molar-refractivity contribution >= 4 is 11.9 Å². The van der Waals surface area contributed by atoms with E-state index in [-0.39, 0.29) is 25.4 Å². The van der Waals surface area contributed by atoms with Crippen LogP contribution in [0.15, 0.2) is 35.9 Å². The van der Waals surface area contributed by atoms with Crippen LogP contribution >= 0.6 is 0 Å². The number of amides is 1. The Morgan fingerprint density at radius 2 is 1.95 bits per heavy atom. The second-order valence-corrected chi connectivity index (χ2v) is 4.72. The molecule has 0 spiro atoms. The summed E-state index contributed by atoms with van der Waals surface area (Å²) in [5.41, 5.74) is 1.18. The lowest BCUT2D eigenvalue weighted by Crippen LogP contribution is -2.31. The number of benzene rings is 1. The van der Waals surface area contributed by atoms with Crippen molar-refractivity contribution in [2.24, 2.45) is 0 Å². The first-order valence-corrected chi connectivity index (χ1v) is 6.29. The molecule has 0 bridgehead atoms. The summed E-state index contributed by atoms with van der Waals surface area (Å²) < 4.78 is 13.6. The second kappa shape index (κ2) is 7.43. The summed E-state index contributed by atoms with van der Waals surface area (Å²) in [6.07, 6.45) is 1.25. The molecule has 0 radical (unpaired) electrons. The molecule has 1 rings (SSSR count). The van der Waals surface area contributed by atoms with Crippen LogP contribution in [0, 0.1) is 5.82 Å². The summed E-state index contributed by atoms with van der Waals surface area (Å²) in [7, 11) is 0. The van der Waals surface area contributed by atoms with Gasteiger partial charge in [-0.2, -0.15) is 0 Å². The topological polar surface area (TPSA) is 57.6 Å². The van der Waals surface area contributed by atoms with Crippen molar-refractivity contribution in [1.82, 2.24) is 4.90 Å². The maximum atomic E-state index is 13.6. The Bertz CT molecular complexity index is 522. The largest absolute Gasteiger partial charge is 0.481 e. The molecule has 1 amide bonds. The van der Waals surface area contributed by atoms with Gasteiger partial charge in [-0.15, -0.1) is 0 Å². The minimum absolute atomic E-state index is 0.0479. The van der Waals surface area contributed by atoms with Crippen molar-refractivity contribution < 1.29 is 19.1 Å².